The largest absolute Gasteiger partial charge is 0.356 e. The van der Waals surface area contributed by atoms with Crippen LogP contribution in [0, 0.1) is 5.82 Å². The van der Waals surface area contributed by atoms with Crippen molar-refractivity contribution in [3.05, 3.63) is 35.6 Å². The van der Waals surface area contributed by atoms with Crippen molar-refractivity contribution < 1.29 is 12.8 Å². The van der Waals surface area contributed by atoms with Gasteiger partial charge in [-0.1, -0.05) is 12.1 Å². The van der Waals surface area contributed by atoms with Crippen LogP contribution in [0.4, 0.5) is 4.39 Å². The highest BCUT2D eigenvalue weighted by Gasteiger charge is 2.28. The Morgan fingerprint density at radius 3 is 2.67 bits per heavy atom. The summed E-state index contributed by atoms with van der Waals surface area (Å²) < 4.78 is 35.6. The summed E-state index contributed by atoms with van der Waals surface area (Å²) in [6.45, 7) is 0.644. The number of nitrogens with zero attached hydrogens (tertiary/aromatic N) is 1. The highest BCUT2D eigenvalue weighted by Crippen LogP contribution is 2.10. The molecule has 1 fully saturated rings. The van der Waals surface area contributed by atoms with Crippen LogP contribution < -0.4 is 10.6 Å². The molecule has 1 heterocycles. The number of aliphatic imine (C=N–C) groups is 1. The van der Waals surface area contributed by atoms with Crippen molar-refractivity contribution in [1.82, 2.24) is 10.6 Å². The molecule has 0 aliphatic carbocycles. The molecule has 0 aromatic heterocycles. The Bertz CT molecular complexity index is 599. The number of hydrogen-bond donors (Lipinski definition) is 2. The van der Waals surface area contributed by atoms with E-state index in [9.17, 15) is 12.8 Å². The zero-order valence-electron chi connectivity index (χ0n) is 12.0. The molecule has 1 saturated heterocycles. The number of hydrogen-bond acceptors (Lipinski definition) is 3. The van der Waals surface area contributed by atoms with E-state index in [1.807, 2.05) is 0 Å². The first-order valence-electron chi connectivity index (χ1n) is 6.90. The van der Waals surface area contributed by atoms with Gasteiger partial charge in [0.05, 0.1) is 11.5 Å². The topological polar surface area (TPSA) is 70.6 Å². The van der Waals surface area contributed by atoms with Gasteiger partial charge in [0.25, 0.3) is 0 Å². The number of sulfone groups is 1. The van der Waals surface area contributed by atoms with E-state index in [0.29, 0.717) is 18.9 Å². The maximum absolute atomic E-state index is 12.8. The summed E-state index contributed by atoms with van der Waals surface area (Å²) in [5.41, 5.74) is 1.03. The van der Waals surface area contributed by atoms with Crippen molar-refractivity contribution in [1.29, 1.82) is 0 Å². The van der Waals surface area contributed by atoms with Gasteiger partial charge in [-0.2, -0.15) is 0 Å². The Kier molecular flexibility index (Phi) is 5.17. The first kappa shape index (κ1) is 15.8. The van der Waals surface area contributed by atoms with E-state index in [1.54, 1.807) is 19.2 Å². The fourth-order valence-electron chi connectivity index (χ4n) is 2.27. The predicted molar refractivity (Wildman–Crippen MR) is 81.7 cm³/mol. The second kappa shape index (κ2) is 6.89. The molecule has 0 spiro atoms. The van der Waals surface area contributed by atoms with E-state index in [-0.39, 0.29) is 23.4 Å². The third-order valence-corrected chi connectivity index (χ3v) is 5.18. The molecule has 1 aromatic carbocycles. The van der Waals surface area contributed by atoms with E-state index >= 15 is 0 Å². The van der Waals surface area contributed by atoms with Crippen LogP contribution in [-0.2, 0) is 16.3 Å². The van der Waals surface area contributed by atoms with Gasteiger partial charge in [-0.05, 0) is 30.5 Å². The lowest BCUT2D eigenvalue weighted by Gasteiger charge is -2.16. The predicted octanol–water partition coefficient (Wildman–Crippen LogP) is 0.720. The summed E-state index contributed by atoms with van der Waals surface area (Å²) in [6.07, 6.45) is 1.35. The van der Waals surface area contributed by atoms with E-state index in [0.717, 1.165) is 12.0 Å². The molecule has 0 radical (unpaired) electrons. The molecule has 1 unspecified atom stereocenters. The SMILES string of the molecule is CN=C(NCCc1ccc(F)cc1)NC1CCS(=O)(=O)C1. The normalized spacial score (nSPS) is 21.2. The Morgan fingerprint density at radius 2 is 2.10 bits per heavy atom. The van der Waals surface area contributed by atoms with Gasteiger partial charge in [-0.3, -0.25) is 4.99 Å². The molecule has 0 amide bonds. The highest BCUT2D eigenvalue weighted by atomic mass is 32.2. The minimum absolute atomic E-state index is 0.0768. The minimum Gasteiger partial charge on any atom is -0.356 e. The number of rotatable bonds is 4. The first-order valence-corrected chi connectivity index (χ1v) is 8.73. The zero-order valence-corrected chi connectivity index (χ0v) is 12.8. The van der Waals surface area contributed by atoms with Crippen LogP contribution >= 0.6 is 0 Å². The van der Waals surface area contributed by atoms with Gasteiger partial charge in [-0.15, -0.1) is 0 Å². The quantitative estimate of drug-likeness (QED) is 0.635. The lowest BCUT2D eigenvalue weighted by Crippen LogP contribution is -2.44. The fourth-order valence-corrected chi connectivity index (χ4v) is 3.95. The molecule has 1 aliphatic rings. The van der Waals surface area contributed by atoms with Crippen LogP contribution in [0.5, 0.6) is 0 Å². The van der Waals surface area contributed by atoms with Gasteiger partial charge in [-0.25, -0.2) is 12.8 Å². The Labute approximate surface area is 124 Å². The summed E-state index contributed by atoms with van der Waals surface area (Å²) >= 11 is 0. The number of guanidine groups is 1. The van der Waals surface area contributed by atoms with Gasteiger partial charge in [0.15, 0.2) is 15.8 Å². The van der Waals surface area contributed by atoms with Crippen LogP contribution in [0.1, 0.15) is 12.0 Å². The van der Waals surface area contributed by atoms with Crippen molar-refractivity contribution >= 4 is 15.8 Å². The molecule has 1 atom stereocenters. The summed E-state index contributed by atoms with van der Waals surface area (Å²) in [7, 11) is -1.25. The van der Waals surface area contributed by atoms with Crippen molar-refractivity contribution in [3.63, 3.8) is 0 Å². The molecular weight excluding hydrogens is 293 g/mol. The average Bonchev–Trinajstić information content (AvgIpc) is 2.79. The molecule has 2 rings (SSSR count). The molecule has 116 valence electrons. The summed E-state index contributed by atoms with van der Waals surface area (Å²) in [4.78, 5) is 4.08. The fraction of sp³-hybridized carbons (Fsp3) is 0.500. The summed E-state index contributed by atoms with van der Waals surface area (Å²) in [5, 5.41) is 6.25. The molecule has 7 heteroatoms. The molecule has 5 nitrogen and oxygen atoms in total. The van der Waals surface area contributed by atoms with Crippen molar-refractivity contribution in [3.8, 4) is 0 Å². The molecule has 21 heavy (non-hydrogen) atoms. The first-order chi connectivity index (χ1) is 9.98. The molecule has 1 aromatic rings. The molecule has 0 saturated carbocycles. The second-order valence-electron chi connectivity index (χ2n) is 5.12. The standard InChI is InChI=1S/C14H20FN3O2S/c1-16-14(18-13-7-9-21(19,20)10-13)17-8-6-11-2-4-12(15)5-3-11/h2-5,13H,6-10H2,1H3,(H2,16,17,18). The molecule has 0 bridgehead atoms. The van der Waals surface area contributed by atoms with Crippen LogP contribution in [-0.4, -0.2) is 45.5 Å². The summed E-state index contributed by atoms with van der Waals surface area (Å²) in [6, 6.07) is 6.29. The van der Waals surface area contributed by atoms with E-state index in [2.05, 4.69) is 15.6 Å². The molecule has 2 N–H and O–H groups in total. The van der Waals surface area contributed by atoms with E-state index in [4.69, 9.17) is 0 Å². The number of benzene rings is 1. The van der Waals surface area contributed by atoms with Crippen molar-refractivity contribution in [2.75, 3.05) is 25.1 Å². The van der Waals surface area contributed by atoms with Gasteiger partial charge in [0, 0.05) is 19.6 Å². The Morgan fingerprint density at radius 1 is 1.38 bits per heavy atom. The highest BCUT2D eigenvalue weighted by molar-refractivity contribution is 7.91. The molecular formula is C14H20FN3O2S. The van der Waals surface area contributed by atoms with Crippen LogP contribution in [0.15, 0.2) is 29.3 Å². The van der Waals surface area contributed by atoms with Crippen LogP contribution in [0.3, 0.4) is 0 Å². The lowest BCUT2D eigenvalue weighted by atomic mass is 10.1. The third kappa shape index (κ3) is 5.00. The third-order valence-electron chi connectivity index (χ3n) is 3.42. The average molecular weight is 313 g/mol. The van der Waals surface area contributed by atoms with E-state index < -0.39 is 9.84 Å². The lowest BCUT2D eigenvalue weighted by molar-refractivity contribution is 0.599. The van der Waals surface area contributed by atoms with Gasteiger partial charge >= 0.3 is 0 Å². The maximum Gasteiger partial charge on any atom is 0.191 e. The van der Waals surface area contributed by atoms with Gasteiger partial charge < -0.3 is 10.6 Å². The van der Waals surface area contributed by atoms with Crippen LogP contribution in [0.2, 0.25) is 0 Å². The monoisotopic (exact) mass is 313 g/mol. The van der Waals surface area contributed by atoms with Gasteiger partial charge in [0.2, 0.25) is 0 Å². The number of halogens is 1. The maximum atomic E-state index is 12.8. The number of nitrogens with one attached hydrogen (secondary N) is 2. The van der Waals surface area contributed by atoms with Crippen LogP contribution in [0.25, 0.3) is 0 Å². The van der Waals surface area contributed by atoms with E-state index in [1.165, 1.54) is 12.1 Å². The van der Waals surface area contributed by atoms with Gasteiger partial charge in [0.1, 0.15) is 5.82 Å². The van der Waals surface area contributed by atoms with Crippen molar-refractivity contribution in [2.45, 2.75) is 18.9 Å². The smallest absolute Gasteiger partial charge is 0.191 e. The second-order valence-corrected chi connectivity index (χ2v) is 7.35. The minimum atomic E-state index is -2.90. The molecule has 1 aliphatic heterocycles. The Balaban J connectivity index is 1.77. The summed E-state index contributed by atoms with van der Waals surface area (Å²) in [5.74, 6) is 0.744. The Hall–Kier alpha value is -1.63. The van der Waals surface area contributed by atoms with Crippen molar-refractivity contribution in [2.24, 2.45) is 4.99 Å². The zero-order chi connectivity index (χ0) is 15.3.